The molecule has 1 aromatic heterocycles. The second-order valence-corrected chi connectivity index (χ2v) is 8.16. The summed E-state index contributed by atoms with van der Waals surface area (Å²) in [6, 6.07) is 11.4. The van der Waals surface area contributed by atoms with Gasteiger partial charge >= 0.3 is 0 Å². The Balaban J connectivity index is 2.08. The average molecular weight is 317 g/mol. The summed E-state index contributed by atoms with van der Waals surface area (Å²) < 4.78 is 27.9. The predicted molar refractivity (Wildman–Crippen MR) is 80.1 cm³/mol. The van der Waals surface area contributed by atoms with Crippen LogP contribution in [-0.4, -0.2) is 27.9 Å². The van der Waals surface area contributed by atoms with Crippen molar-refractivity contribution >= 4 is 18.7 Å². The van der Waals surface area contributed by atoms with Crippen molar-refractivity contribution in [3.8, 4) is 0 Å². The fourth-order valence-electron chi connectivity index (χ4n) is 2.35. The van der Waals surface area contributed by atoms with Gasteiger partial charge in [0.05, 0.1) is 6.17 Å². The lowest BCUT2D eigenvalue weighted by Gasteiger charge is -2.26. The maximum Gasteiger partial charge on any atom is 0.274 e. The monoisotopic (exact) mass is 317 g/mol. The van der Waals surface area contributed by atoms with E-state index in [0.717, 1.165) is 0 Å². The summed E-state index contributed by atoms with van der Waals surface area (Å²) in [5.41, 5.74) is 0. The van der Waals surface area contributed by atoms with Crippen LogP contribution in [0.1, 0.15) is 0 Å². The molecule has 0 fully saturated rings. The molecule has 0 aliphatic carbocycles. The molecule has 2 aromatic carbocycles. The van der Waals surface area contributed by atoms with Gasteiger partial charge in [-0.25, -0.2) is 13.8 Å². The van der Waals surface area contributed by atoms with Crippen LogP contribution in [0, 0.1) is 11.6 Å². The fourth-order valence-corrected chi connectivity index (χ4v) is 5.12. The molecule has 0 spiro atoms. The molecule has 22 heavy (non-hydrogen) atoms. The molecule has 0 saturated heterocycles. The van der Waals surface area contributed by atoms with E-state index in [2.05, 4.69) is 10.1 Å². The first-order chi connectivity index (χ1) is 10.6. The Kier molecular flexibility index (Phi) is 3.82. The summed E-state index contributed by atoms with van der Waals surface area (Å²) in [6.45, 7) is 0. The van der Waals surface area contributed by atoms with E-state index in [1.165, 1.54) is 41.6 Å². The summed E-state index contributed by atoms with van der Waals surface area (Å²) in [4.78, 5) is 15.2. The molecule has 112 valence electrons. The summed E-state index contributed by atoms with van der Waals surface area (Å²) in [7, 11) is -3.22. The van der Waals surface area contributed by atoms with Gasteiger partial charge in [-0.1, -0.05) is 24.3 Å². The normalized spacial score (nSPS) is 11.6. The van der Waals surface area contributed by atoms with Crippen LogP contribution < -0.4 is 10.4 Å². The van der Waals surface area contributed by atoms with E-state index in [1.54, 1.807) is 24.3 Å². The second-order valence-electron chi connectivity index (χ2n) is 4.97. The lowest BCUT2D eigenvalue weighted by atomic mass is 10.3. The maximum absolute atomic E-state index is 13.2. The molecule has 1 heterocycles. The third kappa shape index (κ3) is 2.81. The SMILES string of the molecule is O[Si](Cn1cncn1)(c1ccc(F)cc1)c1ccc(F)cc1. The van der Waals surface area contributed by atoms with E-state index >= 15 is 0 Å². The zero-order valence-corrected chi connectivity index (χ0v) is 12.5. The quantitative estimate of drug-likeness (QED) is 0.726. The van der Waals surface area contributed by atoms with Crippen molar-refractivity contribution in [2.45, 2.75) is 6.17 Å². The Morgan fingerprint density at radius 2 is 1.41 bits per heavy atom. The Hall–Kier alpha value is -2.38. The van der Waals surface area contributed by atoms with Crippen LogP contribution in [0.15, 0.2) is 61.2 Å². The molecule has 7 heteroatoms. The zero-order chi connectivity index (χ0) is 15.6. The average Bonchev–Trinajstić information content (AvgIpc) is 3.01. The minimum absolute atomic E-state index is 0.213. The van der Waals surface area contributed by atoms with Crippen molar-refractivity contribution < 1.29 is 13.6 Å². The molecule has 0 bridgehead atoms. The van der Waals surface area contributed by atoms with Crippen molar-refractivity contribution in [2.24, 2.45) is 0 Å². The Bertz CT molecular complexity index is 700. The Morgan fingerprint density at radius 3 is 1.82 bits per heavy atom. The number of benzene rings is 2. The Labute approximate surface area is 126 Å². The highest BCUT2D eigenvalue weighted by molar-refractivity contribution is 6.95. The molecule has 0 unspecified atom stereocenters. The molecule has 1 N–H and O–H groups in total. The third-order valence-corrected chi connectivity index (χ3v) is 6.86. The molecule has 3 aromatic rings. The van der Waals surface area contributed by atoms with Crippen LogP contribution in [-0.2, 0) is 6.17 Å². The van der Waals surface area contributed by atoms with E-state index in [-0.39, 0.29) is 17.8 Å². The highest BCUT2D eigenvalue weighted by Gasteiger charge is 2.37. The highest BCUT2D eigenvalue weighted by atomic mass is 28.4. The largest absolute Gasteiger partial charge is 0.423 e. The summed E-state index contributed by atoms with van der Waals surface area (Å²) >= 11 is 0. The van der Waals surface area contributed by atoms with Crippen molar-refractivity contribution in [3.05, 3.63) is 72.8 Å². The van der Waals surface area contributed by atoms with Crippen LogP contribution in [0.2, 0.25) is 0 Å². The number of aromatic nitrogens is 3. The van der Waals surface area contributed by atoms with Gasteiger partial charge in [0.25, 0.3) is 8.32 Å². The number of rotatable bonds is 4. The lowest BCUT2D eigenvalue weighted by Crippen LogP contribution is -2.62. The first-order valence-corrected chi connectivity index (χ1v) is 8.80. The van der Waals surface area contributed by atoms with E-state index in [9.17, 15) is 13.6 Å². The van der Waals surface area contributed by atoms with Crippen LogP contribution in [0.4, 0.5) is 8.78 Å². The molecule has 0 amide bonds. The molecular formula is C15H13F2N3OSi. The van der Waals surface area contributed by atoms with Crippen molar-refractivity contribution in [3.63, 3.8) is 0 Å². The van der Waals surface area contributed by atoms with Gasteiger partial charge in [0, 0.05) is 0 Å². The zero-order valence-electron chi connectivity index (χ0n) is 11.5. The number of hydrogen-bond donors (Lipinski definition) is 1. The van der Waals surface area contributed by atoms with Crippen LogP contribution in [0.5, 0.6) is 0 Å². The van der Waals surface area contributed by atoms with Gasteiger partial charge in [-0.15, -0.1) is 0 Å². The first kappa shape index (κ1) is 14.5. The van der Waals surface area contributed by atoms with Crippen molar-refractivity contribution in [1.29, 1.82) is 0 Å². The Morgan fingerprint density at radius 1 is 0.909 bits per heavy atom. The number of halogens is 2. The fraction of sp³-hybridized carbons (Fsp3) is 0.0667. The molecule has 0 atom stereocenters. The van der Waals surface area contributed by atoms with E-state index in [1.807, 2.05) is 0 Å². The van der Waals surface area contributed by atoms with Crippen molar-refractivity contribution in [2.75, 3.05) is 0 Å². The van der Waals surface area contributed by atoms with Gasteiger partial charge in [0.1, 0.15) is 24.3 Å². The summed E-state index contributed by atoms with van der Waals surface area (Å²) in [6.07, 6.45) is 3.10. The topological polar surface area (TPSA) is 50.9 Å². The van der Waals surface area contributed by atoms with E-state index in [0.29, 0.717) is 10.4 Å². The minimum Gasteiger partial charge on any atom is -0.423 e. The van der Waals surface area contributed by atoms with Gasteiger partial charge in [-0.3, -0.25) is 4.68 Å². The highest BCUT2D eigenvalue weighted by Crippen LogP contribution is 2.07. The van der Waals surface area contributed by atoms with Crippen molar-refractivity contribution in [1.82, 2.24) is 14.8 Å². The molecule has 4 nitrogen and oxygen atoms in total. The molecule has 3 rings (SSSR count). The van der Waals surface area contributed by atoms with Crippen LogP contribution in [0.25, 0.3) is 0 Å². The van der Waals surface area contributed by atoms with Gasteiger partial charge in [0.15, 0.2) is 0 Å². The molecule has 0 radical (unpaired) electrons. The summed E-state index contributed by atoms with van der Waals surface area (Å²) in [5, 5.41) is 5.26. The van der Waals surface area contributed by atoms with E-state index < -0.39 is 8.32 Å². The molecular weight excluding hydrogens is 304 g/mol. The maximum atomic E-state index is 13.2. The van der Waals surface area contributed by atoms with Gasteiger partial charge in [0.2, 0.25) is 0 Å². The van der Waals surface area contributed by atoms with Crippen LogP contribution in [0.3, 0.4) is 0 Å². The third-order valence-electron chi connectivity index (χ3n) is 3.50. The predicted octanol–water partition coefficient (Wildman–Crippen LogP) is 0.848. The standard InChI is InChI=1S/C15H13F2N3OSi/c16-12-1-5-14(6-2-12)22(21,11-20-10-18-9-19-20)15-7-3-13(17)4-8-15/h1-10,21H,11H2. The number of hydrogen-bond acceptors (Lipinski definition) is 3. The smallest absolute Gasteiger partial charge is 0.274 e. The first-order valence-electron chi connectivity index (χ1n) is 6.65. The second kappa shape index (κ2) is 5.78. The molecule has 0 aliphatic heterocycles. The van der Waals surface area contributed by atoms with Gasteiger partial charge in [-0.2, -0.15) is 5.10 Å². The molecule has 0 aliphatic rings. The van der Waals surface area contributed by atoms with Gasteiger partial charge < -0.3 is 4.80 Å². The minimum atomic E-state index is -3.22. The van der Waals surface area contributed by atoms with Crippen LogP contribution >= 0.6 is 0 Å². The molecule has 0 saturated carbocycles. The van der Waals surface area contributed by atoms with Gasteiger partial charge in [-0.05, 0) is 34.6 Å². The summed E-state index contributed by atoms with van der Waals surface area (Å²) in [5.74, 6) is -0.750. The van der Waals surface area contributed by atoms with E-state index in [4.69, 9.17) is 0 Å². The lowest BCUT2D eigenvalue weighted by molar-refractivity contribution is 0.534. The number of nitrogens with zero attached hydrogens (tertiary/aromatic N) is 3.